The van der Waals surface area contributed by atoms with Crippen LogP contribution in [0.5, 0.6) is 5.75 Å². The van der Waals surface area contributed by atoms with Crippen molar-refractivity contribution < 1.29 is 9.53 Å². The van der Waals surface area contributed by atoms with E-state index in [2.05, 4.69) is 5.32 Å². The minimum atomic E-state index is -0.342. The van der Waals surface area contributed by atoms with Crippen LogP contribution in [0.1, 0.15) is 36.5 Å². The first-order chi connectivity index (χ1) is 13.1. The van der Waals surface area contributed by atoms with Gasteiger partial charge in [0.25, 0.3) is 0 Å². The summed E-state index contributed by atoms with van der Waals surface area (Å²) in [6, 6.07) is 27.6. The van der Waals surface area contributed by atoms with Gasteiger partial charge >= 0.3 is 0 Å². The third-order valence-corrected chi connectivity index (χ3v) is 4.32. The molecule has 3 aromatic carbocycles. The zero-order valence-electron chi connectivity index (χ0n) is 15.8. The van der Waals surface area contributed by atoms with Gasteiger partial charge in [-0.15, -0.1) is 0 Å². The molecule has 27 heavy (non-hydrogen) atoms. The van der Waals surface area contributed by atoms with E-state index in [-0.39, 0.29) is 17.9 Å². The van der Waals surface area contributed by atoms with E-state index in [1.165, 1.54) is 0 Å². The molecule has 0 radical (unpaired) electrons. The molecule has 138 valence electrons. The monoisotopic (exact) mass is 359 g/mol. The maximum atomic E-state index is 13.1. The first-order valence-corrected chi connectivity index (χ1v) is 9.27. The summed E-state index contributed by atoms with van der Waals surface area (Å²) in [7, 11) is 0. The molecule has 0 aliphatic carbocycles. The number of nitrogens with one attached hydrogen (secondary N) is 1. The molecule has 0 unspecified atom stereocenters. The van der Waals surface area contributed by atoms with Crippen LogP contribution in [0.3, 0.4) is 0 Å². The number of ether oxygens (including phenoxy) is 1. The predicted octanol–water partition coefficient (Wildman–Crippen LogP) is 4.92. The first kappa shape index (κ1) is 18.7. The molecule has 0 aliphatic rings. The van der Waals surface area contributed by atoms with E-state index >= 15 is 0 Å². The lowest BCUT2D eigenvalue weighted by molar-refractivity contribution is -0.121. The average molecular weight is 359 g/mol. The van der Waals surface area contributed by atoms with Gasteiger partial charge in [-0.3, -0.25) is 4.79 Å². The molecule has 1 N–H and O–H groups in total. The summed E-state index contributed by atoms with van der Waals surface area (Å²) < 4.78 is 5.86. The smallest absolute Gasteiger partial charge is 0.232 e. The van der Waals surface area contributed by atoms with Crippen molar-refractivity contribution in [1.82, 2.24) is 5.32 Å². The molecular formula is C24H25NO2. The molecule has 3 rings (SSSR count). The van der Waals surface area contributed by atoms with E-state index < -0.39 is 0 Å². The van der Waals surface area contributed by atoms with E-state index in [4.69, 9.17) is 4.74 Å². The highest BCUT2D eigenvalue weighted by Gasteiger charge is 2.22. The SMILES string of the molecule is CC(C)Oc1ccccc1CNC(=O)C(c1ccccc1)c1ccccc1. The molecule has 0 saturated carbocycles. The van der Waals surface area contributed by atoms with Crippen LogP contribution in [0.25, 0.3) is 0 Å². The van der Waals surface area contributed by atoms with Crippen LogP contribution in [0.4, 0.5) is 0 Å². The second-order valence-electron chi connectivity index (χ2n) is 6.75. The Morgan fingerprint density at radius 1 is 0.815 bits per heavy atom. The summed E-state index contributed by atoms with van der Waals surface area (Å²) in [5, 5.41) is 3.09. The molecule has 3 nitrogen and oxygen atoms in total. The van der Waals surface area contributed by atoms with Crippen molar-refractivity contribution in [2.45, 2.75) is 32.4 Å². The van der Waals surface area contributed by atoms with Crippen molar-refractivity contribution in [3.63, 3.8) is 0 Å². The van der Waals surface area contributed by atoms with Crippen molar-refractivity contribution in [2.24, 2.45) is 0 Å². The fourth-order valence-corrected chi connectivity index (χ4v) is 3.09. The van der Waals surface area contributed by atoms with E-state index in [0.717, 1.165) is 22.4 Å². The Hall–Kier alpha value is -3.07. The van der Waals surface area contributed by atoms with Gasteiger partial charge < -0.3 is 10.1 Å². The van der Waals surface area contributed by atoms with Crippen LogP contribution in [-0.2, 0) is 11.3 Å². The first-order valence-electron chi connectivity index (χ1n) is 9.27. The standard InChI is InChI=1S/C24H25NO2/c1-18(2)27-22-16-10-9-15-21(22)17-25-24(26)23(19-11-5-3-6-12-19)20-13-7-4-8-14-20/h3-16,18,23H,17H2,1-2H3,(H,25,26). The molecule has 3 aromatic rings. The largest absolute Gasteiger partial charge is 0.491 e. The summed E-state index contributed by atoms with van der Waals surface area (Å²) in [5.41, 5.74) is 2.93. The van der Waals surface area contributed by atoms with Gasteiger partial charge in [0.15, 0.2) is 0 Å². The number of para-hydroxylation sites is 1. The number of carbonyl (C=O) groups excluding carboxylic acids is 1. The molecule has 0 atom stereocenters. The number of rotatable bonds is 7. The van der Waals surface area contributed by atoms with Crippen LogP contribution in [-0.4, -0.2) is 12.0 Å². The number of benzene rings is 3. The third-order valence-electron chi connectivity index (χ3n) is 4.32. The Labute approximate surface area is 161 Å². The highest BCUT2D eigenvalue weighted by atomic mass is 16.5. The molecule has 0 bridgehead atoms. The van der Waals surface area contributed by atoms with E-state index in [9.17, 15) is 4.79 Å². The second kappa shape index (κ2) is 9.04. The molecule has 3 heteroatoms. The highest BCUT2D eigenvalue weighted by Crippen LogP contribution is 2.25. The molecule has 1 amide bonds. The molecule has 0 aliphatic heterocycles. The average Bonchev–Trinajstić information content (AvgIpc) is 2.69. The normalized spacial score (nSPS) is 10.8. The minimum Gasteiger partial charge on any atom is -0.491 e. The van der Waals surface area contributed by atoms with Crippen molar-refractivity contribution >= 4 is 5.91 Å². The fraction of sp³-hybridized carbons (Fsp3) is 0.208. The summed E-state index contributed by atoms with van der Waals surface area (Å²) in [6.07, 6.45) is 0.0863. The van der Waals surface area contributed by atoms with Crippen LogP contribution >= 0.6 is 0 Å². The summed E-state index contributed by atoms with van der Waals surface area (Å²) in [4.78, 5) is 13.1. The minimum absolute atomic E-state index is 0.0215. The number of hydrogen-bond acceptors (Lipinski definition) is 2. The van der Waals surface area contributed by atoms with Gasteiger partial charge in [0.2, 0.25) is 5.91 Å². The Morgan fingerprint density at radius 2 is 1.33 bits per heavy atom. The van der Waals surface area contributed by atoms with Gasteiger partial charge in [-0.25, -0.2) is 0 Å². The third kappa shape index (κ3) is 4.98. The summed E-state index contributed by atoms with van der Waals surface area (Å²) in [6.45, 7) is 4.42. The van der Waals surface area contributed by atoms with Gasteiger partial charge in [0.1, 0.15) is 5.75 Å². The number of hydrogen-bond donors (Lipinski definition) is 1. The van der Waals surface area contributed by atoms with Gasteiger partial charge in [-0.2, -0.15) is 0 Å². The predicted molar refractivity (Wildman–Crippen MR) is 109 cm³/mol. The number of amides is 1. The van der Waals surface area contributed by atoms with Crippen molar-refractivity contribution in [1.29, 1.82) is 0 Å². The van der Waals surface area contributed by atoms with Crippen LogP contribution < -0.4 is 10.1 Å². The summed E-state index contributed by atoms with van der Waals surface area (Å²) >= 11 is 0. The Kier molecular flexibility index (Phi) is 6.26. The maximum absolute atomic E-state index is 13.1. The lowest BCUT2D eigenvalue weighted by Crippen LogP contribution is -2.30. The van der Waals surface area contributed by atoms with Gasteiger partial charge in [-0.1, -0.05) is 78.9 Å². The maximum Gasteiger partial charge on any atom is 0.232 e. The van der Waals surface area contributed by atoms with Gasteiger partial charge in [0.05, 0.1) is 12.0 Å². The lowest BCUT2D eigenvalue weighted by atomic mass is 9.90. The Balaban J connectivity index is 1.80. The quantitative estimate of drug-likeness (QED) is 0.650. The van der Waals surface area contributed by atoms with Crippen LogP contribution in [0.15, 0.2) is 84.9 Å². The zero-order valence-corrected chi connectivity index (χ0v) is 15.8. The van der Waals surface area contributed by atoms with Crippen LogP contribution in [0.2, 0.25) is 0 Å². The molecule has 0 fully saturated rings. The molecule has 0 saturated heterocycles. The van der Waals surface area contributed by atoms with Crippen LogP contribution in [0, 0.1) is 0 Å². The highest BCUT2D eigenvalue weighted by molar-refractivity contribution is 5.87. The van der Waals surface area contributed by atoms with E-state index in [1.54, 1.807) is 0 Å². The number of carbonyl (C=O) groups is 1. The fourth-order valence-electron chi connectivity index (χ4n) is 3.09. The molecule has 0 spiro atoms. The molecular weight excluding hydrogens is 334 g/mol. The zero-order chi connectivity index (χ0) is 19.1. The second-order valence-corrected chi connectivity index (χ2v) is 6.75. The van der Waals surface area contributed by atoms with Gasteiger partial charge in [0, 0.05) is 12.1 Å². The van der Waals surface area contributed by atoms with E-state index in [1.807, 2.05) is 98.8 Å². The molecule has 0 aromatic heterocycles. The Bertz CT molecular complexity index is 820. The lowest BCUT2D eigenvalue weighted by Gasteiger charge is -2.19. The van der Waals surface area contributed by atoms with Crippen molar-refractivity contribution in [3.8, 4) is 5.75 Å². The van der Waals surface area contributed by atoms with Gasteiger partial charge in [-0.05, 0) is 31.0 Å². The summed E-state index contributed by atoms with van der Waals surface area (Å²) in [5.74, 6) is 0.445. The van der Waals surface area contributed by atoms with Crippen molar-refractivity contribution in [3.05, 3.63) is 102 Å². The van der Waals surface area contributed by atoms with E-state index in [0.29, 0.717) is 6.54 Å². The van der Waals surface area contributed by atoms with Crippen molar-refractivity contribution in [2.75, 3.05) is 0 Å². The Morgan fingerprint density at radius 3 is 1.89 bits per heavy atom. The molecule has 0 heterocycles. The topological polar surface area (TPSA) is 38.3 Å².